The maximum absolute atomic E-state index is 6.04. The molecule has 0 spiro atoms. The molecule has 0 aliphatic carbocycles. The third kappa shape index (κ3) is 7.88. The molecule has 0 bridgehead atoms. The Morgan fingerprint density at radius 2 is 1.42 bits per heavy atom. The van der Waals surface area contributed by atoms with E-state index in [-0.39, 0.29) is 6.04 Å². The van der Waals surface area contributed by atoms with Crippen LogP contribution in [-0.2, 0) is 0 Å². The number of aromatic nitrogens is 3. The zero-order valence-corrected chi connectivity index (χ0v) is 12.2. The summed E-state index contributed by atoms with van der Waals surface area (Å²) in [6.45, 7) is 2.26. The van der Waals surface area contributed by atoms with E-state index in [1.807, 2.05) is 0 Å². The monoisotopic (exact) mass is 264 g/mol. The van der Waals surface area contributed by atoms with E-state index in [0.717, 1.165) is 12.2 Å². The summed E-state index contributed by atoms with van der Waals surface area (Å²) in [6, 6.07) is -0.0347. The first-order valence-electron chi connectivity index (χ1n) is 7.72. The Labute approximate surface area is 117 Å². The summed E-state index contributed by atoms with van der Waals surface area (Å²) in [4.78, 5) is 12.0. The van der Waals surface area contributed by atoms with Gasteiger partial charge in [-0.05, 0) is 6.42 Å². The van der Waals surface area contributed by atoms with Crippen molar-refractivity contribution in [3.8, 4) is 0 Å². The molecule has 0 radical (unpaired) electrons. The van der Waals surface area contributed by atoms with E-state index >= 15 is 0 Å². The Balaban J connectivity index is 1.93. The van der Waals surface area contributed by atoms with Gasteiger partial charge in [0.15, 0.2) is 0 Å². The van der Waals surface area contributed by atoms with Crippen molar-refractivity contribution in [1.82, 2.24) is 15.0 Å². The molecular formula is C15H28N4. The molecule has 108 valence electrons. The van der Waals surface area contributed by atoms with Crippen LogP contribution in [0.25, 0.3) is 0 Å². The number of hydrogen-bond donors (Lipinski definition) is 1. The van der Waals surface area contributed by atoms with Gasteiger partial charge in [0.25, 0.3) is 0 Å². The molecule has 0 aliphatic rings. The fourth-order valence-electron chi connectivity index (χ4n) is 2.24. The highest BCUT2D eigenvalue weighted by atomic mass is 15.0. The minimum absolute atomic E-state index is 0.0347. The second kappa shape index (κ2) is 10.9. The summed E-state index contributed by atoms with van der Waals surface area (Å²) in [7, 11) is 0. The van der Waals surface area contributed by atoms with Crippen molar-refractivity contribution in [2.75, 3.05) is 0 Å². The molecule has 0 saturated carbocycles. The maximum Gasteiger partial charge on any atom is 0.148 e. The summed E-state index contributed by atoms with van der Waals surface area (Å²) in [5.41, 5.74) is 6.04. The molecule has 1 heterocycles. The van der Waals surface area contributed by atoms with Crippen molar-refractivity contribution < 1.29 is 0 Å². The van der Waals surface area contributed by atoms with E-state index in [2.05, 4.69) is 21.9 Å². The van der Waals surface area contributed by atoms with Crippen LogP contribution in [0.15, 0.2) is 12.7 Å². The molecule has 0 fully saturated rings. The third-order valence-electron chi connectivity index (χ3n) is 3.46. The van der Waals surface area contributed by atoms with Gasteiger partial charge in [-0.2, -0.15) is 0 Å². The van der Waals surface area contributed by atoms with Gasteiger partial charge in [-0.1, -0.05) is 64.7 Å². The van der Waals surface area contributed by atoms with Gasteiger partial charge in [0.05, 0.1) is 6.04 Å². The third-order valence-corrected chi connectivity index (χ3v) is 3.46. The Morgan fingerprint density at radius 1 is 0.895 bits per heavy atom. The van der Waals surface area contributed by atoms with Crippen molar-refractivity contribution in [1.29, 1.82) is 0 Å². The van der Waals surface area contributed by atoms with Crippen molar-refractivity contribution in [2.24, 2.45) is 5.73 Å². The van der Waals surface area contributed by atoms with E-state index in [4.69, 9.17) is 5.73 Å². The minimum atomic E-state index is -0.0347. The van der Waals surface area contributed by atoms with Crippen molar-refractivity contribution in [3.05, 3.63) is 18.5 Å². The van der Waals surface area contributed by atoms with Gasteiger partial charge in [-0.15, -0.1) is 0 Å². The highest BCUT2D eigenvalue weighted by Gasteiger charge is 2.07. The van der Waals surface area contributed by atoms with E-state index in [0.29, 0.717) is 0 Å². The summed E-state index contributed by atoms with van der Waals surface area (Å²) >= 11 is 0. The van der Waals surface area contributed by atoms with Crippen molar-refractivity contribution >= 4 is 0 Å². The molecule has 19 heavy (non-hydrogen) atoms. The predicted molar refractivity (Wildman–Crippen MR) is 78.6 cm³/mol. The lowest BCUT2D eigenvalue weighted by Crippen LogP contribution is -2.13. The largest absolute Gasteiger partial charge is 0.321 e. The normalized spacial score (nSPS) is 12.5. The molecule has 1 rings (SSSR count). The molecular weight excluding hydrogens is 236 g/mol. The summed E-state index contributed by atoms with van der Waals surface area (Å²) in [5, 5.41) is 0. The molecule has 0 aliphatic heterocycles. The lowest BCUT2D eigenvalue weighted by molar-refractivity contribution is 0.521. The first-order chi connectivity index (χ1) is 9.34. The Hall–Kier alpha value is -1.03. The lowest BCUT2D eigenvalue weighted by atomic mass is 10.0. The molecule has 0 aromatic carbocycles. The molecule has 0 amide bonds. The molecule has 0 saturated heterocycles. The average Bonchev–Trinajstić information content (AvgIpc) is 2.46. The van der Waals surface area contributed by atoms with Crippen LogP contribution in [0.4, 0.5) is 0 Å². The number of nitrogens with zero attached hydrogens (tertiary/aromatic N) is 3. The number of unbranched alkanes of at least 4 members (excludes halogenated alkanes) is 8. The molecule has 1 atom stereocenters. The summed E-state index contributed by atoms with van der Waals surface area (Å²) in [5.74, 6) is 0.717. The van der Waals surface area contributed by atoms with E-state index in [1.54, 1.807) is 0 Å². The second-order valence-electron chi connectivity index (χ2n) is 5.22. The van der Waals surface area contributed by atoms with Crippen LogP contribution in [0.1, 0.15) is 83.0 Å². The zero-order chi connectivity index (χ0) is 13.8. The molecule has 2 N–H and O–H groups in total. The van der Waals surface area contributed by atoms with Crippen LogP contribution in [0.3, 0.4) is 0 Å². The van der Waals surface area contributed by atoms with Gasteiger partial charge in [-0.3, -0.25) is 0 Å². The van der Waals surface area contributed by atoms with Gasteiger partial charge in [0, 0.05) is 0 Å². The first kappa shape index (κ1) is 16.0. The fourth-order valence-corrected chi connectivity index (χ4v) is 2.24. The number of nitrogens with two attached hydrogens (primary N) is 1. The standard InChI is InChI=1S/C15H28N4/c1-2-3-4-5-6-7-8-9-10-11-14(16)15-18-12-17-13-19-15/h12-14H,2-11,16H2,1H3. The van der Waals surface area contributed by atoms with Crippen LogP contribution in [-0.4, -0.2) is 15.0 Å². The van der Waals surface area contributed by atoms with Gasteiger partial charge in [-0.25, -0.2) is 15.0 Å². The lowest BCUT2D eigenvalue weighted by Gasteiger charge is -2.09. The van der Waals surface area contributed by atoms with Crippen molar-refractivity contribution in [3.63, 3.8) is 0 Å². The smallest absolute Gasteiger partial charge is 0.148 e. The van der Waals surface area contributed by atoms with Gasteiger partial charge >= 0.3 is 0 Å². The van der Waals surface area contributed by atoms with Crippen LogP contribution in [0.5, 0.6) is 0 Å². The Morgan fingerprint density at radius 3 is 2.00 bits per heavy atom. The molecule has 1 aromatic rings. The van der Waals surface area contributed by atoms with E-state index in [1.165, 1.54) is 70.4 Å². The predicted octanol–water partition coefficient (Wildman–Crippen LogP) is 3.79. The second-order valence-corrected chi connectivity index (χ2v) is 5.22. The molecule has 1 aromatic heterocycles. The van der Waals surface area contributed by atoms with Gasteiger partial charge in [0.1, 0.15) is 18.5 Å². The minimum Gasteiger partial charge on any atom is -0.321 e. The Bertz CT molecular complexity index is 302. The van der Waals surface area contributed by atoms with Gasteiger partial charge in [0.2, 0.25) is 0 Å². The number of hydrogen-bond acceptors (Lipinski definition) is 4. The maximum atomic E-state index is 6.04. The highest BCUT2D eigenvalue weighted by molar-refractivity contribution is 4.89. The molecule has 4 heteroatoms. The summed E-state index contributed by atoms with van der Waals surface area (Å²) in [6.07, 6.45) is 16.0. The quantitative estimate of drug-likeness (QED) is 0.617. The van der Waals surface area contributed by atoms with Crippen LogP contribution >= 0.6 is 0 Å². The molecule has 1 unspecified atom stereocenters. The zero-order valence-electron chi connectivity index (χ0n) is 12.2. The SMILES string of the molecule is CCCCCCCCCCCC(N)c1ncncn1. The van der Waals surface area contributed by atoms with Crippen molar-refractivity contribution in [2.45, 2.75) is 77.2 Å². The number of rotatable bonds is 11. The first-order valence-corrected chi connectivity index (χ1v) is 7.72. The highest BCUT2D eigenvalue weighted by Crippen LogP contribution is 2.15. The molecule has 4 nitrogen and oxygen atoms in total. The fraction of sp³-hybridized carbons (Fsp3) is 0.800. The van der Waals surface area contributed by atoms with E-state index in [9.17, 15) is 0 Å². The topological polar surface area (TPSA) is 64.7 Å². The average molecular weight is 264 g/mol. The summed E-state index contributed by atoms with van der Waals surface area (Å²) < 4.78 is 0. The van der Waals surface area contributed by atoms with E-state index < -0.39 is 0 Å². The van der Waals surface area contributed by atoms with Crippen LogP contribution < -0.4 is 5.73 Å². The van der Waals surface area contributed by atoms with Crippen LogP contribution in [0.2, 0.25) is 0 Å². The van der Waals surface area contributed by atoms with Crippen LogP contribution in [0, 0.1) is 0 Å². The van der Waals surface area contributed by atoms with Gasteiger partial charge < -0.3 is 5.73 Å². The Kier molecular flexibility index (Phi) is 9.15.